The third-order valence-electron chi connectivity index (χ3n) is 3.84. The van der Waals surface area contributed by atoms with E-state index in [4.69, 9.17) is 0 Å². The highest BCUT2D eigenvalue weighted by molar-refractivity contribution is 5.95. The van der Waals surface area contributed by atoms with Crippen molar-refractivity contribution in [1.82, 2.24) is 5.32 Å². The zero-order valence-corrected chi connectivity index (χ0v) is 14.6. The van der Waals surface area contributed by atoms with E-state index in [1.54, 1.807) is 6.08 Å². The maximum absolute atomic E-state index is 12.0. The second-order valence-corrected chi connectivity index (χ2v) is 6.08. The summed E-state index contributed by atoms with van der Waals surface area (Å²) in [7, 11) is 0. The lowest BCUT2D eigenvalue weighted by molar-refractivity contribution is -0.124. The Morgan fingerprint density at radius 3 is 2.58 bits per heavy atom. The van der Waals surface area contributed by atoms with Gasteiger partial charge < -0.3 is 10.1 Å². The number of aldehydes is 1. The van der Waals surface area contributed by atoms with E-state index >= 15 is 0 Å². The van der Waals surface area contributed by atoms with Crippen molar-refractivity contribution >= 4 is 24.1 Å². The van der Waals surface area contributed by atoms with Crippen molar-refractivity contribution in [2.24, 2.45) is 0 Å². The number of ketones is 1. The number of carbonyl (C=O) groups is 3. The molecule has 1 rings (SSSR count). The van der Waals surface area contributed by atoms with Gasteiger partial charge in [0.05, 0.1) is 6.04 Å². The van der Waals surface area contributed by atoms with Crippen molar-refractivity contribution in [1.29, 1.82) is 0 Å². The number of hydrogen-bond acceptors (Lipinski definition) is 3. The summed E-state index contributed by atoms with van der Waals surface area (Å²) in [6, 6.07) is 7.42. The lowest BCUT2D eigenvalue weighted by atomic mass is 10.0. The van der Waals surface area contributed by atoms with E-state index in [0.29, 0.717) is 12.8 Å². The van der Waals surface area contributed by atoms with E-state index < -0.39 is 6.04 Å². The molecule has 0 saturated heterocycles. The molecule has 0 radical (unpaired) electrons. The first-order valence-corrected chi connectivity index (χ1v) is 8.52. The Morgan fingerprint density at radius 2 is 1.92 bits per heavy atom. The van der Waals surface area contributed by atoms with Gasteiger partial charge in [-0.3, -0.25) is 9.59 Å². The van der Waals surface area contributed by atoms with Crippen molar-refractivity contribution in [3.8, 4) is 0 Å². The van der Waals surface area contributed by atoms with Crippen LogP contribution in [0.2, 0.25) is 0 Å². The SMILES string of the molecule is CC(=O)C(CCCCCCC=O)NC(=O)/C=C/c1cccc(C)c1. The van der Waals surface area contributed by atoms with E-state index in [9.17, 15) is 14.4 Å². The molecule has 0 bridgehead atoms. The highest BCUT2D eigenvalue weighted by atomic mass is 16.2. The molecule has 0 heterocycles. The average Bonchev–Trinajstić information content (AvgIpc) is 2.55. The van der Waals surface area contributed by atoms with Crippen LogP contribution in [-0.4, -0.2) is 24.0 Å². The number of amides is 1. The minimum absolute atomic E-state index is 0.0276. The molecule has 1 atom stereocenters. The van der Waals surface area contributed by atoms with Crippen molar-refractivity contribution < 1.29 is 14.4 Å². The first-order valence-electron chi connectivity index (χ1n) is 8.52. The van der Waals surface area contributed by atoms with Crippen LogP contribution in [-0.2, 0) is 14.4 Å². The first-order chi connectivity index (χ1) is 11.5. The number of unbranched alkanes of at least 4 members (excludes halogenated alkanes) is 4. The Hall–Kier alpha value is -2.23. The van der Waals surface area contributed by atoms with Crippen LogP contribution < -0.4 is 5.32 Å². The fraction of sp³-hybridized carbons (Fsp3) is 0.450. The predicted octanol–water partition coefficient (Wildman–Crippen LogP) is 3.62. The normalized spacial score (nSPS) is 12.1. The van der Waals surface area contributed by atoms with Gasteiger partial charge in [0.25, 0.3) is 0 Å². The van der Waals surface area contributed by atoms with Gasteiger partial charge in [0.2, 0.25) is 5.91 Å². The van der Waals surface area contributed by atoms with Crippen LogP contribution in [0.4, 0.5) is 0 Å². The summed E-state index contributed by atoms with van der Waals surface area (Å²) in [4.78, 5) is 33.9. The van der Waals surface area contributed by atoms with Crippen molar-refractivity contribution in [3.05, 3.63) is 41.5 Å². The summed E-state index contributed by atoms with van der Waals surface area (Å²) in [5, 5.41) is 2.77. The Labute approximate surface area is 144 Å². The van der Waals surface area contributed by atoms with E-state index in [0.717, 1.165) is 43.1 Å². The third kappa shape index (κ3) is 8.42. The summed E-state index contributed by atoms with van der Waals surface area (Å²) in [5.41, 5.74) is 2.09. The van der Waals surface area contributed by atoms with Crippen LogP contribution >= 0.6 is 0 Å². The molecular weight excluding hydrogens is 302 g/mol. The predicted molar refractivity (Wildman–Crippen MR) is 96.6 cm³/mol. The molecule has 0 aliphatic rings. The van der Waals surface area contributed by atoms with Crippen LogP contribution in [0.1, 0.15) is 56.6 Å². The van der Waals surface area contributed by atoms with Gasteiger partial charge in [-0.25, -0.2) is 0 Å². The van der Waals surface area contributed by atoms with Crippen molar-refractivity contribution in [3.63, 3.8) is 0 Å². The first kappa shape index (κ1) is 19.8. The fourth-order valence-corrected chi connectivity index (χ4v) is 2.47. The molecule has 1 N–H and O–H groups in total. The Kier molecular flexibility index (Phi) is 9.35. The Morgan fingerprint density at radius 1 is 1.17 bits per heavy atom. The summed E-state index contributed by atoms with van der Waals surface area (Å²) >= 11 is 0. The summed E-state index contributed by atoms with van der Waals surface area (Å²) in [5.74, 6) is -0.280. The van der Waals surface area contributed by atoms with Crippen LogP contribution in [0, 0.1) is 6.92 Å². The summed E-state index contributed by atoms with van der Waals surface area (Å²) in [6.07, 6.45) is 9.08. The second-order valence-electron chi connectivity index (χ2n) is 6.08. The van der Waals surface area contributed by atoms with Gasteiger partial charge in [-0.1, -0.05) is 49.1 Å². The van der Waals surface area contributed by atoms with Gasteiger partial charge in [0.15, 0.2) is 5.78 Å². The molecule has 0 fully saturated rings. The van der Waals surface area contributed by atoms with Crippen LogP contribution in [0.3, 0.4) is 0 Å². The number of benzene rings is 1. The van der Waals surface area contributed by atoms with Crippen LogP contribution in [0.25, 0.3) is 6.08 Å². The minimum Gasteiger partial charge on any atom is -0.343 e. The van der Waals surface area contributed by atoms with Gasteiger partial charge >= 0.3 is 0 Å². The molecule has 0 saturated carbocycles. The molecule has 0 aromatic heterocycles. The van der Waals surface area contributed by atoms with Crippen molar-refractivity contribution in [2.45, 2.75) is 58.4 Å². The van der Waals surface area contributed by atoms with Gasteiger partial charge in [-0.2, -0.15) is 0 Å². The number of carbonyl (C=O) groups excluding carboxylic acids is 3. The lowest BCUT2D eigenvalue weighted by Crippen LogP contribution is -2.38. The van der Waals surface area contributed by atoms with E-state index in [2.05, 4.69) is 5.32 Å². The van der Waals surface area contributed by atoms with Crippen LogP contribution in [0.5, 0.6) is 0 Å². The quantitative estimate of drug-likeness (QED) is 0.383. The Balaban J connectivity index is 2.42. The highest BCUT2D eigenvalue weighted by Gasteiger charge is 2.15. The maximum Gasteiger partial charge on any atom is 0.244 e. The minimum atomic E-state index is -0.439. The average molecular weight is 329 g/mol. The van der Waals surface area contributed by atoms with E-state index in [-0.39, 0.29) is 11.7 Å². The standard InChI is InChI=1S/C20H27NO3/c1-16-9-8-10-18(15-16)12-13-20(24)21-19(17(2)23)11-6-4-3-5-7-14-22/h8-10,12-15,19H,3-7,11H2,1-2H3,(H,21,24)/b13-12+. The molecule has 0 aliphatic heterocycles. The molecule has 24 heavy (non-hydrogen) atoms. The topological polar surface area (TPSA) is 63.2 Å². The smallest absolute Gasteiger partial charge is 0.244 e. The molecule has 1 unspecified atom stereocenters. The molecule has 0 spiro atoms. The maximum atomic E-state index is 12.0. The monoisotopic (exact) mass is 329 g/mol. The number of Topliss-reactive ketones (excluding diaryl/α,β-unsaturated/α-hetero) is 1. The fourth-order valence-electron chi connectivity index (χ4n) is 2.47. The molecule has 4 heteroatoms. The van der Waals surface area contributed by atoms with Gasteiger partial charge in [0, 0.05) is 12.5 Å². The number of rotatable bonds is 11. The van der Waals surface area contributed by atoms with Gasteiger partial charge in [-0.15, -0.1) is 0 Å². The molecule has 1 aromatic rings. The molecule has 130 valence electrons. The molecular formula is C20H27NO3. The lowest BCUT2D eigenvalue weighted by Gasteiger charge is -2.14. The number of hydrogen-bond donors (Lipinski definition) is 1. The van der Waals surface area contributed by atoms with Gasteiger partial charge in [0.1, 0.15) is 6.29 Å². The summed E-state index contributed by atoms with van der Waals surface area (Å²) in [6.45, 7) is 3.50. The zero-order valence-electron chi connectivity index (χ0n) is 14.6. The van der Waals surface area contributed by atoms with Crippen LogP contribution in [0.15, 0.2) is 30.3 Å². The Bertz CT molecular complexity index is 578. The number of nitrogens with one attached hydrogen (secondary N) is 1. The third-order valence-corrected chi connectivity index (χ3v) is 3.84. The highest BCUT2D eigenvalue weighted by Crippen LogP contribution is 2.09. The molecule has 1 amide bonds. The van der Waals surface area contributed by atoms with E-state index in [1.165, 1.54) is 13.0 Å². The zero-order chi connectivity index (χ0) is 17.8. The van der Waals surface area contributed by atoms with Crippen molar-refractivity contribution in [2.75, 3.05) is 0 Å². The van der Waals surface area contributed by atoms with E-state index in [1.807, 2.05) is 31.2 Å². The largest absolute Gasteiger partial charge is 0.343 e. The second kappa shape index (κ2) is 11.3. The van der Waals surface area contributed by atoms with Gasteiger partial charge in [-0.05, 0) is 38.3 Å². The molecule has 4 nitrogen and oxygen atoms in total. The number of aryl methyl sites for hydroxylation is 1. The summed E-state index contributed by atoms with van der Waals surface area (Å²) < 4.78 is 0. The molecule has 0 aliphatic carbocycles. The molecule has 1 aromatic carbocycles.